The molecular weight excluding hydrogens is 376 g/mol. The average Bonchev–Trinajstić information content (AvgIpc) is 2.77. The third kappa shape index (κ3) is 5.20. The van der Waals surface area contributed by atoms with E-state index in [0.29, 0.717) is 36.0 Å². The fraction of sp³-hybridized carbons (Fsp3) is 0.333. The first-order chi connectivity index (χ1) is 14.6. The highest BCUT2D eigenvalue weighted by molar-refractivity contribution is 5.89. The number of anilines is 2. The zero-order chi connectivity index (χ0) is 21.3. The van der Waals surface area contributed by atoms with Crippen molar-refractivity contribution < 1.29 is 9.47 Å². The van der Waals surface area contributed by atoms with E-state index in [0.717, 1.165) is 48.3 Å². The maximum absolute atomic E-state index is 6.32. The highest BCUT2D eigenvalue weighted by Gasteiger charge is 2.15. The van der Waals surface area contributed by atoms with Crippen molar-refractivity contribution in [2.75, 3.05) is 24.7 Å². The van der Waals surface area contributed by atoms with E-state index in [1.807, 2.05) is 48.5 Å². The molecule has 30 heavy (non-hydrogen) atoms. The van der Waals surface area contributed by atoms with E-state index in [1.165, 1.54) is 0 Å². The molecule has 2 aromatic carbocycles. The lowest BCUT2D eigenvalue weighted by Gasteiger charge is -2.12. The second kappa shape index (κ2) is 10.5. The summed E-state index contributed by atoms with van der Waals surface area (Å²) in [5.74, 6) is 1.65. The molecule has 0 amide bonds. The van der Waals surface area contributed by atoms with Gasteiger partial charge in [-0.3, -0.25) is 0 Å². The summed E-state index contributed by atoms with van der Waals surface area (Å²) in [6, 6.07) is 15.3. The maximum atomic E-state index is 6.32. The highest BCUT2D eigenvalue weighted by Crippen LogP contribution is 2.35. The van der Waals surface area contributed by atoms with Crippen LogP contribution in [0.2, 0.25) is 0 Å². The second-order valence-electron chi connectivity index (χ2n) is 7.18. The van der Waals surface area contributed by atoms with Gasteiger partial charge < -0.3 is 20.9 Å². The van der Waals surface area contributed by atoms with Crippen molar-refractivity contribution in [3.8, 4) is 34.0 Å². The van der Waals surface area contributed by atoms with Gasteiger partial charge in [-0.2, -0.15) is 0 Å². The maximum Gasteiger partial charge on any atom is 0.119 e. The van der Waals surface area contributed by atoms with Gasteiger partial charge in [0.1, 0.15) is 22.9 Å². The highest BCUT2D eigenvalue weighted by atomic mass is 16.5. The lowest BCUT2D eigenvalue weighted by Crippen LogP contribution is -2.05. The molecule has 1 heterocycles. The van der Waals surface area contributed by atoms with E-state index in [9.17, 15) is 0 Å². The summed E-state index contributed by atoms with van der Waals surface area (Å²) in [5.41, 5.74) is 16.3. The van der Waals surface area contributed by atoms with Gasteiger partial charge in [0.15, 0.2) is 0 Å². The van der Waals surface area contributed by atoms with Crippen molar-refractivity contribution in [2.24, 2.45) is 0 Å². The summed E-state index contributed by atoms with van der Waals surface area (Å²) in [5, 5.41) is 8.69. The Morgan fingerprint density at radius 2 is 1.00 bits per heavy atom. The average molecular weight is 407 g/mol. The van der Waals surface area contributed by atoms with E-state index in [4.69, 9.17) is 20.9 Å². The molecule has 0 saturated carbocycles. The molecular formula is C24H30N4O2. The van der Waals surface area contributed by atoms with Crippen LogP contribution in [0, 0.1) is 0 Å². The van der Waals surface area contributed by atoms with Crippen LogP contribution in [0.15, 0.2) is 48.5 Å². The van der Waals surface area contributed by atoms with E-state index in [2.05, 4.69) is 24.0 Å². The van der Waals surface area contributed by atoms with Crippen LogP contribution in [0.1, 0.15) is 39.5 Å². The zero-order valence-corrected chi connectivity index (χ0v) is 17.7. The number of hydrogen-bond donors (Lipinski definition) is 2. The first-order valence-electron chi connectivity index (χ1n) is 10.5. The molecule has 6 heteroatoms. The van der Waals surface area contributed by atoms with E-state index >= 15 is 0 Å². The predicted octanol–water partition coefficient (Wildman–Crippen LogP) is 5.33. The van der Waals surface area contributed by atoms with Crippen LogP contribution < -0.4 is 20.9 Å². The standard InChI is InChI=1S/C24H30N4O2/c1-3-5-15-29-19-11-7-17(8-12-19)23-21(25)22(26)24(28-27-23)18-9-13-20(14-10-18)30-16-6-4-2/h7-14H,3-6,15-16H2,1-2H3,(H2,26,27)(H2,25,28). The zero-order valence-electron chi connectivity index (χ0n) is 17.7. The molecule has 6 nitrogen and oxygen atoms in total. The first kappa shape index (κ1) is 21.4. The number of nitrogen functional groups attached to an aromatic ring is 2. The largest absolute Gasteiger partial charge is 0.494 e. The number of nitrogens with two attached hydrogens (primary N) is 2. The van der Waals surface area contributed by atoms with Gasteiger partial charge in [0.05, 0.1) is 24.6 Å². The Kier molecular flexibility index (Phi) is 7.49. The Morgan fingerprint density at radius 1 is 0.633 bits per heavy atom. The second-order valence-corrected chi connectivity index (χ2v) is 7.18. The SMILES string of the molecule is CCCCOc1ccc(-c2nnc(-c3ccc(OCCCC)cc3)c(N)c2N)cc1. The molecule has 1 aromatic heterocycles. The molecule has 0 saturated heterocycles. The lowest BCUT2D eigenvalue weighted by atomic mass is 10.1. The van der Waals surface area contributed by atoms with E-state index < -0.39 is 0 Å². The first-order valence-corrected chi connectivity index (χ1v) is 10.5. The van der Waals surface area contributed by atoms with Crippen LogP contribution in [0.25, 0.3) is 22.5 Å². The van der Waals surface area contributed by atoms with Gasteiger partial charge in [-0.05, 0) is 61.4 Å². The van der Waals surface area contributed by atoms with E-state index in [-0.39, 0.29) is 0 Å². The van der Waals surface area contributed by atoms with Gasteiger partial charge in [-0.25, -0.2) is 0 Å². The summed E-state index contributed by atoms with van der Waals surface area (Å²) < 4.78 is 11.4. The Morgan fingerprint density at radius 3 is 1.33 bits per heavy atom. The van der Waals surface area contributed by atoms with Crippen molar-refractivity contribution in [3.63, 3.8) is 0 Å². The molecule has 0 bridgehead atoms. The summed E-state index contributed by atoms with van der Waals surface area (Å²) in [4.78, 5) is 0. The van der Waals surface area contributed by atoms with Crippen molar-refractivity contribution in [1.29, 1.82) is 0 Å². The molecule has 3 aromatic rings. The topological polar surface area (TPSA) is 96.3 Å². The number of ether oxygens (including phenoxy) is 2. The fourth-order valence-corrected chi connectivity index (χ4v) is 2.98. The molecule has 0 aliphatic heterocycles. The van der Waals surface area contributed by atoms with Crippen molar-refractivity contribution >= 4 is 11.4 Å². The third-order valence-electron chi connectivity index (χ3n) is 4.84. The van der Waals surface area contributed by atoms with Gasteiger partial charge in [0.25, 0.3) is 0 Å². The van der Waals surface area contributed by atoms with Crippen molar-refractivity contribution in [2.45, 2.75) is 39.5 Å². The number of benzene rings is 2. The summed E-state index contributed by atoms with van der Waals surface area (Å²) in [7, 11) is 0. The van der Waals surface area contributed by atoms with Gasteiger partial charge in [-0.15, -0.1) is 10.2 Å². The molecule has 0 radical (unpaired) electrons. The molecule has 0 unspecified atom stereocenters. The molecule has 0 fully saturated rings. The minimum atomic E-state index is 0.419. The van der Waals surface area contributed by atoms with Crippen LogP contribution in [0.4, 0.5) is 11.4 Å². The predicted molar refractivity (Wildman–Crippen MR) is 123 cm³/mol. The van der Waals surface area contributed by atoms with Crippen LogP contribution in [-0.4, -0.2) is 23.4 Å². The third-order valence-corrected chi connectivity index (χ3v) is 4.84. The lowest BCUT2D eigenvalue weighted by molar-refractivity contribution is 0.309. The fourth-order valence-electron chi connectivity index (χ4n) is 2.98. The van der Waals surface area contributed by atoms with Gasteiger partial charge in [0.2, 0.25) is 0 Å². The summed E-state index contributed by atoms with van der Waals surface area (Å²) in [6.07, 6.45) is 4.27. The molecule has 158 valence electrons. The van der Waals surface area contributed by atoms with Gasteiger partial charge >= 0.3 is 0 Å². The van der Waals surface area contributed by atoms with Crippen molar-refractivity contribution in [1.82, 2.24) is 10.2 Å². The minimum absolute atomic E-state index is 0.419. The van der Waals surface area contributed by atoms with Gasteiger partial charge in [0, 0.05) is 11.1 Å². The quantitative estimate of drug-likeness (QED) is 0.442. The minimum Gasteiger partial charge on any atom is -0.494 e. The molecule has 3 rings (SSSR count). The Hall–Kier alpha value is -3.28. The summed E-state index contributed by atoms with van der Waals surface area (Å²) >= 11 is 0. The number of rotatable bonds is 10. The smallest absolute Gasteiger partial charge is 0.119 e. The van der Waals surface area contributed by atoms with Crippen LogP contribution in [0.3, 0.4) is 0 Å². The van der Waals surface area contributed by atoms with E-state index in [1.54, 1.807) is 0 Å². The molecule has 4 N–H and O–H groups in total. The molecule has 0 aliphatic rings. The molecule has 0 spiro atoms. The number of aromatic nitrogens is 2. The number of unbranched alkanes of at least 4 members (excludes halogenated alkanes) is 2. The Balaban J connectivity index is 1.77. The Bertz CT molecular complexity index is 862. The van der Waals surface area contributed by atoms with Crippen LogP contribution in [-0.2, 0) is 0 Å². The monoisotopic (exact) mass is 406 g/mol. The summed E-state index contributed by atoms with van der Waals surface area (Å²) in [6.45, 7) is 5.69. The Labute approximate surface area is 178 Å². The van der Waals surface area contributed by atoms with Crippen LogP contribution >= 0.6 is 0 Å². The number of hydrogen-bond acceptors (Lipinski definition) is 6. The van der Waals surface area contributed by atoms with Crippen LogP contribution in [0.5, 0.6) is 11.5 Å². The molecule has 0 atom stereocenters. The number of nitrogens with zero attached hydrogens (tertiary/aromatic N) is 2. The molecule has 0 aliphatic carbocycles. The van der Waals surface area contributed by atoms with Crippen molar-refractivity contribution in [3.05, 3.63) is 48.5 Å². The van der Waals surface area contributed by atoms with Gasteiger partial charge in [-0.1, -0.05) is 26.7 Å². The normalized spacial score (nSPS) is 10.7.